The molecule has 0 bridgehead atoms. The highest BCUT2D eigenvalue weighted by Gasteiger charge is 2.16. The number of methoxy groups -OCH3 is 1. The van der Waals surface area contributed by atoms with Gasteiger partial charge in [-0.25, -0.2) is 0 Å². The lowest BCUT2D eigenvalue weighted by molar-refractivity contribution is -0.124. The summed E-state index contributed by atoms with van der Waals surface area (Å²) in [4.78, 5) is 11.7. The minimum absolute atomic E-state index is 0.0708. The second kappa shape index (κ2) is 6.74. The van der Waals surface area contributed by atoms with E-state index in [4.69, 9.17) is 10.5 Å². The molecule has 94 valence electrons. The van der Waals surface area contributed by atoms with Gasteiger partial charge in [-0.3, -0.25) is 4.79 Å². The van der Waals surface area contributed by atoms with Gasteiger partial charge in [0.2, 0.25) is 5.91 Å². The summed E-state index contributed by atoms with van der Waals surface area (Å²) in [5.41, 5.74) is 6.67. The van der Waals surface area contributed by atoms with E-state index in [0.29, 0.717) is 0 Å². The largest absolute Gasteiger partial charge is 0.383 e. The van der Waals surface area contributed by atoms with Crippen molar-refractivity contribution >= 4 is 21.8 Å². The number of ether oxygens (including phenoxy) is 1. The fourth-order valence-electron chi connectivity index (χ4n) is 1.41. The molecule has 0 saturated carbocycles. The number of hydrogen-bond acceptors (Lipinski definition) is 3. The summed E-state index contributed by atoms with van der Waals surface area (Å²) in [7, 11) is 1.52. The number of nitrogens with one attached hydrogen (secondary N) is 1. The van der Waals surface area contributed by atoms with E-state index in [0.717, 1.165) is 10.0 Å². The van der Waals surface area contributed by atoms with E-state index in [2.05, 4.69) is 21.2 Å². The molecule has 0 radical (unpaired) electrons. The zero-order valence-corrected chi connectivity index (χ0v) is 11.5. The lowest BCUT2D eigenvalue weighted by Gasteiger charge is -2.17. The van der Waals surface area contributed by atoms with E-state index in [-0.39, 0.29) is 18.6 Å². The summed E-state index contributed by atoms with van der Waals surface area (Å²) in [5.74, 6) is -0.206. The number of halogens is 1. The van der Waals surface area contributed by atoms with Crippen LogP contribution in [0.3, 0.4) is 0 Å². The molecule has 0 fully saturated rings. The Morgan fingerprint density at radius 3 is 2.59 bits per heavy atom. The van der Waals surface area contributed by atoms with Gasteiger partial charge in [0, 0.05) is 11.6 Å². The topological polar surface area (TPSA) is 64.3 Å². The summed E-state index contributed by atoms with van der Waals surface area (Å²) in [6.07, 6.45) is 0. The van der Waals surface area contributed by atoms with Gasteiger partial charge in [-0.05, 0) is 24.6 Å². The molecule has 0 heterocycles. The summed E-state index contributed by atoms with van der Waals surface area (Å²) < 4.78 is 5.85. The average Bonchev–Trinajstić information content (AvgIpc) is 2.30. The van der Waals surface area contributed by atoms with Crippen molar-refractivity contribution in [1.29, 1.82) is 0 Å². The highest BCUT2D eigenvalue weighted by Crippen LogP contribution is 2.16. The Kier molecular flexibility index (Phi) is 5.61. The van der Waals surface area contributed by atoms with E-state index in [9.17, 15) is 4.79 Å². The van der Waals surface area contributed by atoms with Crippen molar-refractivity contribution in [3.63, 3.8) is 0 Å². The molecule has 0 aromatic heterocycles. The van der Waals surface area contributed by atoms with Crippen molar-refractivity contribution in [3.8, 4) is 0 Å². The van der Waals surface area contributed by atoms with Crippen LogP contribution in [0.1, 0.15) is 18.5 Å². The first-order valence-corrected chi connectivity index (χ1v) is 6.14. The predicted molar refractivity (Wildman–Crippen MR) is 70.6 cm³/mol. The average molecular weight is 301 g/mol. The van der Waals surface area contributed by atoms with Crippen LogP contribution < -0.4 is 11.1 Å². The van der Waals surface area contributed by atoms with Crippen LogP contribution in [0.15, 0.2) is 28.7 Å². The Bertz CT molecular complexity index is 367. The number of rotatable bonds is 5. The molecular weight excluding hydrogens is 284 g/mol. The van der Waals surface area contributed by atoms with E-state index in [1.807, 2.05) is 31.2 Å². The highest BCUT2D eigenvalue weighted by atomic mass is 79.9. The van der Waals surface area contributed by atoms with Gasteiger partial charge in [0.25, 0.3) is 0 Å². The molecule has 0 saturated heterocycles. The number of amides is 1. The van der Waals surface area contributed by atoms with Gasteiger partial charge < -0.3 is 15.8 Å². The molecule has 0 aliphatic rings. The number of carbonyl (C=O) groups is 1. The Morgan fingerprint density at radius 1 is 1.47 bits per heavy atom. The van der Waals surface area contributed by atoms with Gasteiger partial charge in [-0.2, -0.15) is 0 Å². The smallest absolute Gasteiger partial charge is 0.239 e. The molecule has 1 amide bonds. The number of carbonyl (C=O) groups excluding carboxylic acids is 1. The zero-order chi connectivity index (χ0) is 12.8. The molecule has 2 unspecified atom stereocenters. The van der Waals surface area contributed by atoms with Gasteiger partial charge in [0.1, 0.15) is 6.04 Å². The summed E-state index contributed by atoms with van der Waals surface area (Å²) in [6, 6.07) is 7.09. The van der Waals surface area contributed by atoms with Gasteiger partial charge in [0.15, 0.2) is 0 Å². The lowest BCUT2D eigenvalue weighted by atomic mass is 10.1. The van der Waals surface area contributed by atoms with Crippen LogP contribution in [0.25, 0.3) is 0 Å². The van der Waals surface area contributed by atoms with E-state index in [1.165, 1.54) is 7.11 Å². The Labute approximate surface area is 110 Å². The van der Waals surface area contributed by atoms with E-state index < -0.39 is 6.04 Å². The maximum absolute atomic E-state index is 11.7. The minimum Gasteiger partial charge on any atom is -0.383 e. The lowest BCUT2D eigenvalue weighted by Crippen LogP contribution is -2.44. The number of nitrogens with two attached hydrogens (primary N) is 1. The van der Waals surface area contributed by atoms with E-state index in [1.54, 1.807) is 0 Å². The van der Waals surface area contributed by atoms with Gasteiger partial charge in [0.05, 0.1) is 12.6 Å². The molecule has 2 atom stereocenters. The molecule has 17 heavy (non-hydrogen) atoms. The Hall–Kier alpha value is -0.910. The Morgan fingerprint density at radius 2 is 2.06 bits per heavy atom. The van der Waals surface area contributed by atoms with Gasteiger partial charge >= 0.3 is 0 Å². The molecule has 1 aromatic rings. The maximum Gasteiger partial charge on any atom is 0.239 e. The fourth-order valence-corrected chi connectivity index (χ4v) is 1.67. The SMILES string of the molecule is COCC(N)C(=O)NC(C)c1ccc(Br)cc1. The summed E-state index contributed by atoms with van der Waals surface area (Å²) >= 11 is 3.37. The Balaban J connectivity index is 2.57. The minimum atomic E-state index is -0.627. The van der Waals surface area contributed by atoms with Crippen molar-refractivity contribution in [3.05, 3.63) is 34.3 Å². The summed E-state index contributed by atoms with van der Waals surface area (Å²) in [6.45, 7) is 2.14. The van der Waals surface area contributed by atoms with Crippen LogP contribution in [0.2, 0.25) is 0 Å². The van der Waals surface area contributed by atoms with Crippen molar-refractivity contribution in [2.24, 2.45) is 5.73 Å². The van der Waals surface area contributed by atoms with Crippen LogP contribution in [-0.4, -0.2) is 25.7 Å². The highest BCUT2D eigenvalue weighted by molar-refractivity contribution is 9.10. The monoisotopic (exact) mass is 300 g/mol. The molecule has 1 rings (SSSR count). The molecule has 0 aliphatic heterocycles. The molecule has 3 N–H and O–H groups in total. The second-order valence-electron chi connectivity index (χ2n) is 3.84. The van der Waals surface area contributed by atoms with Crippen LogP contribution in [-0.2, 0) is 9.53 Å². The third kappa shape index (κ3) is 4.46. The van der Waals surface area contributed by atoms with Crippen LogP contribution in [0.5, 0.6) is 0 Å². The molecule has 5 heteroatoms. The quantitative estimate of drug-likeness (QED) is 0.868. The first kappa shape index (κ1) is 14.2. The predicted octanol–water partition coefficient (Wildman–Crippen LogP) is 1.60. The van der Waals surface area contributed by atoms with Crippen LogP contribution >= 0.6 is 15.9 Å². The second-order valence-corrected chi connectivity index (χ2v) is 4.76. The molecule has 0 spiro atoms. The third-order valence-electron chi connectivity index (χ3n) is 2.41. The van der Waals surface area contributed by atoms with Crippen molar-refractivity contribution in [2.45, 2.75) is 19.0 Å². The zero-order valence-electron chi connectivity index (χ0n) is 9.94. The first-order chi connectivity index (χ1) is 8.04. The van der Waals surface area contributed by atoms with Crippen molar-refractivity contribution < 1.29 is 9.53 Å². The summed E-state index contributed by atoms with van der Waals surface area (Å²) in [5, 5.41) is 2.84. The van der Waals surface area contributed by atoms with Gasteiger partial charge in [-0.15, -0.1) is 0 Å². The fraction of sp³-hybridized carbons (Fsp3) is 0.417. The molecule has 4 nitrogen and oxygen atoms in total. The number of benzene rings is 1. The van der Waals surface area contributed by atoms with Crippen molar-refractivity contribution in [1.82, 2.24) is 5.32 Å². The molecular formula is C12H17BrN2O2. The first-order valence-electron chi connectivity index (χ1n) is 5.35. The standard InChI is InChI=1S/C12H17BrN2O2/c1-8(9-3-5-10(13)6-4-9)15-12(16)11(14)7-17-2/h3-6,8,11H,7,14H2,1-2H3,(H,15,16). The van der Waals surface area contributed by atoms with Crippen LogP contribution in [0, 0.1) is 0 Å². The van der Waals surface area contributed by atoms with Gasteiger partial charge in [-0.1, -0.05) is 28.1 Å². The molecule has 1 aromatic carbocycles. The number of hydrogen-bond donors (Lipinski definition) is 2. The van der Waals surface area contributed by atoms with Crippen molar-refractivity contribution in [2.75, 3.05) is 13.7 Å². The molecule has 0 aliphatic carbocycles. The third-order valence-corrected chi connectivity index (χ3v) is 2.94. The normalized spacial score (nSPS) is 14.1. The van der Waals surface area contributed by atoms with E-state index >= 15 is 0 Å². The van der Waals surface area contributed by atoms with Crippen LogP contribution in [0.4, 0.5) is 0 Å². The maximum atomic E-state index is 11.7.